The van der Waals surface area contributed by atoms with E-state index >= 15 is 0 Å². The summed E-state index contributed by atoms with van der Waals surface area (Å²) in [6.45, 7) is 0. The zero-order chi connectivity index (χ0) is 11.9. The first-order valence-electron chi connectivity index (χ1n) is 5.11. The number of hydrogen-bond acceptors (Lipinski definition) is 4. The Morgan fingerprint density at radius 3 is 2.35 bits per heavy atom. The summed E-state index contributed by atoms with van der Waals surface area (Å²) < 4.78 is 10.4. The minimum atomic E-state index is 0.618. The highest BCUT2D eigenvalue weighted by Gasteiger charge is 1.96. The summed E-state index contributed by atoms with van der Waals surface area (Å²) in [5.74, 6) is 1.36. The summed E-state index contributed by atoms with van der Waals surface area (Å²) in [6.07, 6.45) is 8.19. The predicted octanol–water partition coefficient (Wildman–Crippen LogP) is 2.89. The normalized spacial score (nSPS) is 10.4. The molecule has 0 radical (unpaired) electrons. The van der Waals surface area contributed by atoms with Gasteiger partial charge in [-0.1, -0.05) is 12.1 Å². The lowest BCUT2D eigenvalue weighted by Crippen LogP contribution is -1.86. The highest BCUT2D eigenvalue weighted by Crippen LogP contribution is 2.20. The van der Waals surface area contributed by atoms with Crippen LogP contribution >= 0.6 is 0 Å². The molecule has 2 rings (SSSR count). The van der Waals surface area contributed by atoms with Crippen LogP contribution in [-0.2, 0) is 4.74 Å². The summed E-state index contributed by atoms with van der Waals surface area (Å²) >= 11 is 0. The molecular weight excluding hydrogens is 216 g/mol. The van der Waals surface area contributed by atoms with Gasteiger partial charge in [-0.05, 0) is 23.8 Å². The van der Waals surface area contributed by atoms with Crippen LogP contribution in [-0.4, -0.2) is 17.1 Å². The molecule has 0 aliphatic carbocycles. The predicted molar refractivity (Wildman–Crippen MR) is 64.6 cm³/mol. The lowest BCUT2D eigenvalue weighted by atomic mass is 10.2. The fourth-order valence-electron chi connectivity index (χ4n) is 1.27. The van der Waals surface area contributed by atoms with E-state index in [1.807, 2.05) is 30.3 Å². The van der Waals surface area contributed by atoms with Crippen LogP contribution in [0.3, 0.4) is 0 Å². The van der Waals surface area contributed by atoms with Crippen LogP contribution < -0.4 is 4.74 Å². The average molecular weight is 228 g/mol. The van der Waals surface area contributed by atoms with E-state index in [0.29, 0.717) is 5.75 Å². The highest BCUT2D eigenvalue weighted by molar-refractivity contribution is 5.49. The van der Waals surface area contributed by atoms with E-state index in [9.17, 15) is 0 Å². The molecular formula is C13H12N2O2. The molecule has 0 fully saturated rings. The molecule has 0 spiro atoms. The van der Waals surface area contributed by atoms with Gasteiger partial charge in [-0.25, -0.2) is 9.97 Å². The first-order chi connectivity index (χ1) is 8.38. The first kappa shape index (κ1) is 11.1. The smallest absolute Gasteiger partial charge is 0.163 e. The van der Waals surface area contributed by atoms with Gasteiger partial charge in [-0.3, -0.25) is 0 Å². The summed E-state index contributed by atoms with van der Waals surface area (Å²) in [6, 6.07) is 7.63. The van der Waals surface area contributed by atoms with E-state index in [4.69, 9.17) is 9.47 Å². The number of benzene rings is 1. The monoisotopic (exact) mass is 228 g/mol. The maximum absolute atomic E-state index is 5.56. The van der Waals surface area contributed by atoms with E-state index in [0.717, 1.165) is 11.3 Å². The Hall–Kier alpha value is -2.36. The molecule has 0 N–H and O–H groups in total. The molecule has 0 unspecified atom stereocenters. The first-order valence-corrected chi connectivity index (χ1v) is 5.11. The van der Waals surface area contributed by atoms with E-state index in [1.54, 1.807) is 25.8 Å². The van der Waals surface area contributed by atoms with Crippen LogP contribution in [0.1, 0.15) is 5.56 Å². The summed E-state index contributed by atoms with van der Waals surface area (Å²) in [4.78, 5) is 7.75. The zero-order valence-electron chi connectivity index (χ0n) is 9.41. The van der Waals surface area contributed by atoms with Crippen LogP contribution in [0, 0.1) is 0 Å². The van der Waals surface area contributed by atoms with Crippen molar-refractivity contribution >= 4 is 6.08 Å². The SMILES string of the molecule is CO/C=C/c1ccc(Oc2cncnc2)cc1. The lowest BCUT2D eigenvalue weighted by molar-refractivity contribution is 0.341. The Labute approximate surface area is 99.6 Å². The maximum atomic E-state index is 5.56. The van der Waals surface area contributed by atoms with Crippen molar-refractivity contribution in [1.82, 2.24) is 9.97 Å². The number of ether oxygens (including phenoxy) is 2. The molecule has 0 saturated carbocycles. The van der Waals surface area contributed by atoms with E-state index in [1.165, 1.54) is 6.33 Å². The molecule has 0 aliphatic heterocycles. The van der Waals surface area contributed by atoms with Crippen LogP contribution in [0.4, 0.5) is 0 Å². The van der Waals surface area contributed by atoms with Crippen LogP contribution in [0.15, 0.2) is 49.2 Å². The number of methoxy groups -OCH3 is 1. The number of hydrogen-bond donors (Lipinski definition) is 0. The van der Waals surface area contributed by atoms with Gasteiger partial charge in [0.15, 0.2) is 5.75 Å². The van der Waals surface area contributed by atoms with Gasteiger partial charge in [0.1, 0.15) is 12.1 Å². The largest absolute Gasteiger partial charge is 0.504 e. The van der Waals surface area contributed by atoms with Crippen LogP contribution in [0.2, 0.25) is 0 Å². The number of nitrogens with zero attached hydrogens (tertiary/aromatic N) is 2. The minimum absolute atomic E-state index is 0.618. The second-order valence-electron chi connectivity index (χ2n) is 3.28. The quantitative estimate of drug-likeness (QED) is 0.755. The van der Waals surface area contributed by atoms with Crippen LogP contribution in [0.25, 0.3) is 6.08 Å². The molecule has 0 atom stereocenters. The standard InChI is InChI=1S/C13H12N2O2/c1-16-7-6-11-2-4-12(5-3-11)17-13-8-14-10-15-9-13/h2-10H,1H3/b7-6+. The van der Waals surface area contributed by atoms with E-state index in [2.05, 4.69) is 9.97 Å². The molecule has 0 aliphatic rings. The van der Waals surface area contributed by atoms with Gasteiger partial charge in [0.25, 0.3) is 0 Å². The van der Waals surface area contributed by atoms with Gasteiger partial charge in [-0.15, -0.1) is 0 Å². The molecule has 0 bridgehead atoms. The van der Waals surface area contributed by atoms with Gasteiger partial charge in [0.05, 0.1) is 25.8 Å². The molecule has 0 saturated heterocycles. The third-order valence-electron chi connectivity index (χ3n) is 2.05. The molecule has 17 heavy (non-hydrogen) atoms. The summed E-state index contributed by atoms with van der Waals surface area (Å²) in [7, 11) is 1.61. The number of rotatable bonds is 4. The Morgan fingerprint density at radius 1 is 1.00 bits per heavy atom. The third-order valence-corrected chi connectivity index (χ3v) is 2.05. The topological polar surface area (TPSA) is 44.2 Å². The summed E-state index contributed by atoms with van der Waals surface area (Å²) in [5, 5.41) is 0. The Morgan fingerprint density at radius 2 is 1.71 bits per heavy atom. The van der Waals surface area contributed by atoms with Crippen molar-refractivity contribution < 1.29 is 9.47 Å². The molecule has 86 valence electrons. The molecule has 1 aromatic heterocycles. The average Bonchev–Trinajstić information content (AvgIpc) is 2.39. The Kier molecular flexibility index (Phi) is 3.70. The van der Waals surface area contributed by atoms with Crippen molar-refractivity contribution in [1.29, 1.82) is 0 Å². The highest BCUT2D eigenvalue weighted by atomic mass is 16.5. The van der Waals surface area contributed by atoms with Crippen LogP contribution in [0.5, 0.6) is 11.5 Å². The van der Waals surface area contributed by atoms with Gasteiger partial charge in [0.2, 0.25) is 0 Å². The molecule has 4 heteroatoms. The third kappa shape index (κ3) is 3.31. The Bertz CT molecular complexity index is 481. The lowest BCUT2D eigenvalue weighted by Gasteiger charge is -2.04. The maximum Gasteiger partial charge on any atom is 0.163 e. The van der Waals surface area contributed by atoms with Crippen molar-refractivity contribution in [2.45, 2.75) is 0 Å². The second-order valence-corrected chi connectivity index (χ2v) is 3.28. The molecule has 1 aromatic carbocycles. The molecule has 2 aromatic rings. The molecule has 4 nitrogen and oxygen atoms in total. The van der Waals surface area contributed by atoms with Gasteiger partial charge < -0.3 is 9.47 Å². The fraction of sp³-hybridized carbons (Fsp3) is 0.0769. The molecule has 1 heterocycles. The van der Waals surface area contributed by atoms with Crippen molar-refractivity contribution in [2.24, 2.45) is 0 Å². The zero-order valence-corrected chi connectivity index (χ0v) is 9.41. The minimum Gasteiger partial charge on any atom is -0.504 e. The van der Waals surface area contributed by atoms with Crippen molar-refractivity contribution in [3.05, 3.63) is 54.8 Å². The van der Waals surface area contributed by atoms with Gasteiger partial charge in [-0.2, -0.15) is 0 Å². The molecule has 0 amide bonds. The fourth-order valence-corrected chi connectivity index (χ4v) is 1.27. The van der Waals surface area contributed by atoms with Gasteiger partial charge >= 0.3 is 0 Å². The number of aromatic nitrogens is 2. The van der Waals surface area contributed by atoms with Crippen molar-refractivity contribution in [3.8, 4) is 11.5 Å². The van der Waals surface area contributed by atoms with Gasteiger partial charge in [0, 0.05) is 0 Å². The van der Waals surface area contributed by atoms with Crippen molar-refractivity contribution in [3.63, 3.8) is 0 Å². The Balaban J connectivity index is 2.06. The summed E-state index contributed by atoms with van der Waals surface area (Å²) in [5.41, 5.74) is 1.04. The van der Waals surface area contributed by atoms with E-state index < -0.39 is 0 Å². The second kappa shape index (κ2) is 5.65. The van der Waals surface area contributed by atoms with E-state index in [-0.39, 0.29) is 0 Å². The van der Waals surface area contributed by atoms with Crippen molar-refractivity contribution in [2.75, 3.05) is 7.11 Å².